The zero-order valence-electron chi connectivity index (χ0n) is 21.5. The Morgan fingerprint density at radius 3 is 2.74 bits per heavy atom. The Labute approximate surface area is 236 Å². The predicted molar refractivity (Wildman–Crippen MR) is 152 cm³/mol. The number of aromatic nitrogens is 2. The van der Waals surface area contributed by atoms with Gasteiger partial charge in [-0.2, -0.15) is 5.10 Å². The number of amides is 1. The highest BCUT2D eigenvalue weighted by Crippen LogP contribution is 2.33. The van der Waals surface area contributed by atoms with Gasteiger partial charge in [-0.3, -0.25) is 9.48 Å². The first kappa shape index (κ1) is 27.8. The van der Waals surface area contributed by atoms with Crippen LogP contribution in [0.3, 0.4) is 0 Å². The van der Waals surface area contributed by atoms with Crippen LogP contribution in [-0.2, 0) is 38.2 Å². The van der Waals surface area contributed by atoms with Crippen molar-refractivity contribution in [2.24, 2.45) is 5.92 Å². The third-order valence-electron chi connectivity index (χ3n) is 6.84. The van der Waals surface area contributed by atoms with Gasteiger partial charge in [0.15, 0.2) is 9.84 Å². The number of nitrogens with zero attached hydrogens (tertiary/aromatic N) is 2. The first-order valence-corrected chi connectivity index (χ1v) is 15.6. The van der Waals surface area contributed by atoms with Crippen LogP contribution >= 0.6 is 22.9 Å². The van der Waals surface area contributed by atoms with Crippen LogP contribution in [0.2, 0.25) is 4.34 Å². The van der Waals surface area contributed by atoms with Crippen LogP contribution in [0.25, 0.3) is 10.9 Å². The second-order valence-electron chi connectivity index (χ2n) is 9.79. The van der Waals surface area contributed by atoms with Crippen LogP contribution in [0.1, 0.15) is 48.3 Å². The predicted octanol–water partition coefficient (Wildman–Crippen LogP) is 4.87. The highest BCUT2D eigenvalue weighted by atomic mass is 35.5. The first-order chi connectivity index (χ1) is 18.7. The molecule has 0 aliphatic carbocycles. The maximum Gasteiger partial charge on any atom is 0.225 e. The number of hydrogen-bond acceptors (Lipinski definition) is 7. The molecule has 1 saturated heterocycles. The second kappa shape index (κ2) is 11.8. The van der Waals surface area contributed by atoms with Crippen molar-refractivity contribution in [2.45, 2.75) is 48.9 Å². The fourth-order valence-electron chi connectivity index (χ4n) is 4.91. The number of carbonyl (C=O) groups is 1. The molecule has 4 aromatic rings. The number of sulfone groups is 1. The van der Waals surface area contributed by atoms with E-state index in [1.54, 1.807) is 23.7 Å². The van der Waals surface area contributed by atoms with Gasteiger partial charge in [-0.05, 0) is 54.7 Å². The summed E-state index contributed by atoms with van der Waals surface area (Å²) in [5.41, 5.74) is 3.64. The monoisotopic (exact) mass is 587 g/mol. The number of nitrogens with one attached hydrogen (secondary N) is 1. The molecule has 206 valence electrons. The van der Waals surface area contributed by atoms with Crippen LogP contribution in [0.15, 0.2) is 58.8 Å². The van der Waals surface area contributed by atoms with Crippen LogP contribution in [0, 0.1) is 5.92 Å². The van der Waals surface area contributed by atoms with E-state index in [1.165, 1.54) is 6.07 Å². The lowest BCUT2D eigenvalue weighted by Gasteiger charge is -2.21. The summed E-state index contributed by atoms with van der Waals surface area (Å²) in [5.74, 6) is -0.421. The summed E-state index contributed by atoms with van der Waals surface area (Å²) in [6, 6.07) is 16.4. The van der Waals surface area contributed by atoms with E-state index >= 15 is 0 Å². The second-order valence-corrected chi connectivity index (χ2v) is 13.7. The van der Waals surface area contributed by atoms with E-state index in [9.17, 15) is 18.3 Å². The third kappa shape index (κ3) is 6.36. The number of aliphatic hydroxyl groups excluding tert-OH is 1. The van der Waals surface area contributed by atoms with Gasteiger partial charge in [0.2, 0.25) is 5.91 Å². The van der Waals surface area contributed by atoms with Crippen molar-refractivity contribution in [1.82, 2.24) is 15.1 Å². The van der Waals surface area contributed by atoms with Crippen molar-refractivity contribution in [2.75, 3.05) is 13.2 Å². The Bertz CT molecular complexity index is 1590. The average molecular weight is 588 g/mol. The fourth-order valence-corrected chi connectivity index (χ4v) is 7.76. The summed E-state index contributed by atoms with van der Waals surface area (Å²) < 4.78 is 34.2. The molecule has 1 aliphatic heterocycles. The minimum Gasteiger partial charge on any atom is -0.389 e. The Balaban J connectivity index is 1.41. The number of thiophene rings is 1. The Kier molecular flexibility index (Phi) is 8.39. The lowest BCUT2D eigenvalue weighted by Crippen LogP contribution is -2.35. The van der Waals surface area contributed by atoms with Gasteiger partial charge in [-0.25, -0.2) is 8.42 Å². The van der Waals surface area contributed by atoms with Gasteiger partial charge >= 0.3 is 0 Å². The van der Waals surface area contributed by atoms with Gasteiger partial charge in [0, 0.05) is 18.5 Å². The number of hydrogen-bond donors (Lipinski definition) is 2. The zero-order valence-corrected chi connectivity index (χ0v) is 23.9. The van der Waals surface area contributed by atoms with Crippen LogP contribution in [0.5, 0.6) is 0 Å². The quantitative estimate of drug-likeness (QED) is 0.289. The van der Waals surface area contributed by atoms with Crippen molar-refractivity contribution >= 4 is 49.6 Å². The standard InChI is InChI=1S/C28H30ClN3O5S2/c1-18(33)22-8-3-9-24-27(22)23(17-39(35,36)26-11-10-25(29)38-26)31-32(24)15-20-6-2-5-19(13-20)14-30-28(34)21-7-4-12-37-16-21/h2-3,5-6,8-11,13,18,21,33H,4,7,12,14-17H2,1H3,(H,30,34). The number of halogens is 1. The smallest absolute Gasteiger partial charge is 0.225 e. The molecule has 0 bridgehead atoms. The van der Waals surface area contributed by atoms with Gasteiger partial charge in [-0.15, -0.1) is 11.3 Å². The maximum absolute atomic E-state index is 13.2. The first-order valence-electron chi connectivity index (χ1n) is 12.8. The molecule has 0 spiro atoms. The van der Waals surface area contributed by atoms with Crippen LogP contribution in [0.4, 0.5) is 0 Å². The topological polar surface area (TPSA) is 111 Å². The van der Waals surface area contributed by atoms with E-state index in [4.69, 9.17) is 21.4 Å². The van der Waals surface area contributed by atoms with Gasteiger partial charge in [-0.1, -0.05) is 48.0 Å². The van der Waals surface area contributed by atoms with E-state index in [2.05, 4.69) is 5.32 Å². The van der Waals surface area contributed by atoms with Gasteiger partial charge in [0.05, 0.1) is 40.7 Å². The normalized spacial score (nSPS) is 16.8. The lowest BCUT2D eigenvalue weighted by molar-refractivity contribution is -0.129. The molecule has 2 aromatic carbocycles. The molecular weight excluding hydrogens is 558 g/mol. The van der Waals surface area contributed by atoms with Crippen molar-refractivity contribution in [3.63, 3.8) is 0 Å². The summed E-state index contributed by atoms with van der Waals surface area (Å²) in [4.78, 5) is 12.5. The summed E-state index contributed by atoms with van der Waals surface area (Å²) >= 11 is 7.00. The van der Waals surface area contributed by atoms with Crippen molar-refractivity contribution < 1.29 is 23.1 Å². The van der Waals surface area contributed by atoms with Crippen LogP contribution in [-0.4, -0.2) is 42.4 Å². The van der Waals surface area contributed by atoms with Crippen LogP contribution < -0.4 is 5.32 Å². The summed E-state index contributed by atoms with van der Waals surface area (Å²) in [5, 5.41) is 18.8. The molecular formula is C28H30ClN3O5S2. The number of rotatable bonds is 9. The van der Waals surface area contributed by atoms with Gasteiger partial charge < -0.3 is 15.2 Å². The van der Waals surface area contributed by atoms with Crippen molar-refractivity contribution in [1.29, 1.82) is 0 Å². The Morgan fingerprint density at radius 2 is 2.03 bits per heavy atom. The molecule has 1 fully saturated rings. The number of aliphatic hydroxyl groups is 1. The highest BCUT2D eigenvalue weighted by molar-refractivity contribution is 7.92. The zero-order chi connectivity index (χ0) is 27.6. The summed E-state index contributed by atoms with van der Waals surface area (Å²) in [7, 11) is -3.69. The van der Waals surface area contributed by atoms with Gasteiger partial charge in [0.25, 0.3) is 0 Å². The molecule has 8 nitrogen and oxygen atoms in total. The molecule has 0 radical (unpaired) electrons. The molecule has 39 heavy (non-hydrogen) atoms. The molecule has 0 saturated carbocycles. The fraction of sp³-hybridized carbons (Fsp3) is 0.357. The molecule has 3 heterocycles. The summed E-state index contributed by atoms with van der Waals surface area (Å²) in [6.07, 6.45) is 0.932. The van der Waals surface area contributed by atoms with Gasteiger partial charge in [0.1, 0.15) is 9.96 Å². The third-order valence-corrected chi connectivity index (χ3v) is 10.3. The lowest BCUT2D eigenvalue weighted by atomic mass is 10.0. The minimum absolute atomic E-state index is 0.00158. The molecule has 1 aliphatic rings. The van der Waals surface area contributed by atoms with E-state index in [0.29, 0.717) is 47.3 Å². The molecule has 5 rings (SSSR count). The average Bonchev–Trinajstić information content (AvgIpc) is 3.52. The largest absolute Gasteiger partial charge is 0.389 e. The molecule has 2 unspecified atom stereocenters. The molecule has 2 atom stereocenters. The van der Waals surface area contributed by atoms with E-state index in [-0.39, 0.29) is 21.8 Å². The maximum atomic E-state index is 13.2. The molecule has 1 amide bonds. The minimum atomic E-state index is -3.69. The van der Waals surface area contributed by atoms with E-state index in [1.807, 2.05) is 36.4 Å². The molecule has 11 heteroatoms. The van der Waals surface area contributed by atoms with E-state index < -0.39 is 15.9 Å². The molecule has 2 N–H and O–H groups in total. The van der Waals surface area contributed by atoms with E-state index in [0.717, 1.165) is 40.8 Å². The number of ether oxygens (including phenoxy) is 1. The van der Waals surface area contributed by atoms with Crippen molar-refractivity contribution in [3.8, 4) is 0 Å². The van der Waals surface area contributed by atoms with Crippen molar-refractivity contribution in [3.05, 3.63) is 81.3 Å². The Morgan fingerprint density at radius 1 is 1.23 bits per heavy atom. The number of fused-ring (bicyclic) bond motifs is 1. The number of benzene rings is 2. The summed E-state index contributed by atoms with van der Waals surface area (Å²) in [6.45, 7) is 3.62. The molecule has 2 aromatic heterocycles. The SMILES string of the molecule is CC(O)c1cccc2c1c(CS(=O)(=O)c1ccc(Cl)s1)nn2Cc1cccc(CNC(=O)C2CCCOC2)c1. The Hall–Kier alpha value is -2.76. The number of carbonyl (C=O) groups excluding carboxylic acids is 1. The highest BCUT2D eigenvalue weighted by Gasteiger charge is 2.25.